The van der Waals surface area contributed by atoms with E-state index in [1.807, 2.05) is 67.5 Å². The van der Waals surface area contributed by atoms with Gasteiger partial charge in [-0.1, -0.05) is 42.5 Å². The van der Waals surface area contributed by atoms with Gasteiger partial charge in [-0.3, -0.25) is 4.79 Å². The van der Waals surface area contributed by atoms with Crippen LogP contribution in [0.1, 0.15) is 24.8 Å². The number of carbonyl (C=O) groups is 1. The molecule has 0 bridgehead atoms. The molecule has 0 aliphatic rings. The number of aliphatic hydroxyl groups excluding tert-OH is 1. The molecule has 0 radical (unpaired) electrons. The number of benzene rings is 3. The van der Waals surface area contributed by atoms with Crippen molar-refractivity contribution in [2.75, 3.05) is 25.6 Å². The number of aliphatic hydroxyl groups is 1. The van der Waals surface area contributed by atoms with E-state index < -0.39 is 22.0 Å². The summed E-state index contributed by atoms with van der Waals surface area (Å²) in [6, 6.07) is 19.2. The molecule has 0 aromatic heterocycles. The number of sulfonamides is 1. The van der Waals surface area contributed by atoms with Gasteiger partial charge in [-0.05, 0) is 59.9 Å². The molecule has 176 valence electrons. The van der Waals surface area contributed by atoms with Crippen molar-refractivity contribution in [3.05, 3.63) is 72.3 Å². The molecule has 8 heteroatoms. The highest BCUT2D eigenvalue weighted by atomic mass is 32.2. The molecule has 0 heterocycles. The first kappa shape index (κ1) is 24.7. The first-order chi connectivity index (χ1) is 15.8. The molecule has 3 aromatic carbocycles. The van der Waals surface area contributed by atoms with Gasteiger partial charge in [0.05, 0.1) is 4.90 Å². The predicted octanol–water partition coefficient (Wildman–Crippen LogP) is 3.03. The van der Waals surface area contributed by atoms with Gasteiger partial charge in [-0.25, -0.2) is 8.42 Å². The quantitative estimate of drug-likeness (QED) is 0.375. The Morgan fingerprint density at radius 3 is 2.36 bits per heavy atom. The van der Waals surface area contributed by atoms with E-state index >= 15 is 0 Å². The summed E-state index contributed by atoms with van der Waals surface area (Å²) in [5.74, 6) is -0.392. The largest absolute Gasteiger partial charge is 0.396 e. The Balaban J connectivity index is 1.77. The topological polar surface area (TPSA) is 98.7 Å². The number of hydrogen-bond donors (Lipinski definition) is 3. The maximum absolute atomic E-state index is 13.1. The highest BCUT2D eigenvalue weighted by molar-refractivity contribution is 7.89. The molecule has 1 amide bonds. The molecule has 3 N–H and O–H groups in total. The molecule has 1 atom stereocenters. The lowest BCUT2D eigenvalue weighted by Crippen LogP contribution is -2.46. The normalized spacial score (nSPS) is 12.5. The predicted molar refractivity (Wildman–Crippen MR) is 132 cm³/mol. The summed E-state index contributed by atoms with van der Waals surface area (Å²) in [5.41, 5.74) is 1.95. The highest BCUT2D eigenvalue weighted by Crippen LogP contribution is 2.24. The van der Waals surface area contributed by atoms with Gasteiger partial charge < -0.3 is 15.3 Å². The van der Waals surface area contributed by atoms with Gasteiger partial charge in [0.2, 0.25) is 15.9 Å². The molecule has 0 saturated heterocycles. The molecule has 3 rings (SSSR count). The average molecular weight is 470 g/mol. The number of anilines is 1. The van der Waals surface area contributed by atoms with Gasteiger partial charge in [0.25, 0.3) is 0 Å². The second-order valence-electron chi connectivity index (χ2n) is 8.18. The van der Waals surface area contributed by atoms with Crippen molar-refractivity contribution in [3.8, 4) is 0 Å². The standard InChI is InChI=1S/C25H31N3O4S/c1-28(2)22-13-11-21-17-23(14-12-20(21)16-22)33(31,32)27-24(10-6-7-15-29)25(30)26-18-19-8-4-3-5-9-19/h3-5,8-9,11-14,16-17,24,27,29H,6-7,10,15,18H2,1-2H3,(H,26,30). The second-order valence-corrected chi connectivity index (χ2v) is 9.90. The van der Waals surface area contributed by atoms with Crippen LogP contribution in [0.5, 0.6) is 0 Å². The fourth-order valence-electron chi connectivity index (χ4n) is 3.52. The summed E-state index contributed by atoms with van der Waals surface area (Å²) in [5, 5.41) is 13.6. The third-order valence-corrected chi connectivity index (χ3v) is 6.92. The van der Waals surface area contributed by atoms with Crippen LogP contribution in [0.25, 0.3) is 10.8 Å². The monoisotopic (exact) mass is 469 g/mol. The van der Waals surface area contributed by atoms with Crippen LogP contribution in [-0.2, 0) is 21.4 Å². The Labute approximate surface area is 195 Å². The van der Waals surface area contributed by atoms with Gasteiger partial charge in [0.1, 0.15) is 6.04 Å². The van der Waals surface area contributed by atoms with E-state index in [0.29, 0.717) is 25.8 Å². The number of carbonyl (C=O) groups excluding carboxylic acids is 1. The summed E-state index contributed by atoms with van der Waals surface area (Å²) in [7, 11) is -0.0301. The zero-order valence-electron chi connectivity index (χ0n) is 19.0. The number of nitrogens with one attached hydrogen (secondary N) is 2. The molecule has 1 unspecified atom stereocenters. The number of amides is 1. The Bertz CT molecular complexity index is 1180. The maximum atomic E-state index is 13.1. The molecule has 7 nitrogen and oxygen atoms in total. The van der Waals surface area contributed by atoms with Gasteiger partial charge in [0, 0.05) is 32.9 Å². The van der Waals surface area contributed by atoms with E-state index in [0.717, 1.165) is 22.0 Å². The minimum atomic E-state index is -3.93. The molecule has 0 aliphatic carbocycles. The van der Waals surface area contributed by atoms with Crippen molar-refractivity contribution in [2.45, 2.75) is 36.7 Å². The van der Waals surface area contributed by atoms with E-state index in [1.54, 1.807) is 18.2 Å². The zero-order valence-corrected chi connectivity index (χ0v) is 19.8. The van der Waals surface area contributed by atoms with Crippen LogP contribution in [0.15, 0.2) is 71.6 Å². The Morgan fingerprint density at radius 2 is 1.67 bits per heavy atom. The van der Waals surface area contributed by atoms with Crippen LogP contribution in [0.4, 0.5) is 5.69 Å². The Morgan fingerprint density at radius 1 is 0.970 bits per heavy atom. The van der Waals surface area contributed by atoms with Crippen LogP contribution >= 0.6 is 0 Å². The molecule has 3 aromatic rings. The van der Waals surface area contributed by atoms with Crippen molar-refractivity contribution in [2.24, 2.45) is 0 Å². The molecule has 0 saturated carbocycles. The SMILES string of the molecule is CN(C)c1ccc2cc(S(=O)(=O)NC(CCCCO)C(=O)NCc3ccccc3)ccc2c1. The molecular formula is C25H31N3O4S. The smallest absolute Gasteiger partial charge is 0.241 e. The van der Waals surface area contributed by atoms with Gasteiger partial charge in [0.15, 0.2) is 0 Å². The molecular weight excluding hydrogens is 438 g/mol. The average Bonchev–Trinajstić information content (AvgIpc) is 2.81. The van der Waals surface area contributed by atoms with Gasteiger partial charge in [-0.2, -0.15) is 4.72 Å². The minimum absolute atomic E-state index is 0.00921. The summed E-state index contributed by atoms with van der Waals surface area (Å²) in [4.78, 5) is 14.9. The Hall–Kier alpha value is -2.94. The van der Waals surface area contributed by atoms with Crippen LogP contribution < -0.4 is 14.9 Å². The van der Waals surface area contributed by atoms with Crippen LogP contribution in [0, 0.1) is 0 Å². The Kier molecular flexibility index (Phi) is 8.43. The second kappa shape index (κ2) is 11.3. The first-order valence-corrected chi connectivity index (χ1v) is 12.4. The molecule has 33 heavy (non-hydrogen) atoms. The number of unbranched alkanes of at least 4 members (excludes halogenated alkanes) is 1. The molecule has 0 spiro atoms. The van der Waals surface area contributed by atoms with E-state index in [1.165, 1.54) is 0 Å². The van der Waals surface area contributed by atoms with Gasteiger partial charge in [-0.15, -0.1) is 0 Å². The van der Waals surface area contributed by atoms with E-state index in [-0.39, 0.29) is 11.5 Å². The lowest BCUT2D eigenvalue weighted by atomic mass is 10.1. The van der Waals surface area contributed by atoms with Gasteiger partial charge >= 0.3 is 0 Å². The van der Waals surface area contributed by atoms with E-state index in [2.05, 4.69) is 10.0 Å². The number of fused-ring (bicyclic) bond motifs is 1. The zero-order chi connectivity index (χ0) is 23.8. The van der Waals surface area contributed by atoms with Crippen molar-refractivity contribution in [1.82, 2.24) is 10.0 Å². The molecule has 0 fully saturated rings. The lowest BCUT2D eigenvalue weighted by Gasteiger charge is -2.19. The highest BCUT2D eigenvalue weighted by Gasteiger charge is 2.25. The summed E-state index contributed by atoms with van der Waals surface area (Å²) >= 11 is 0. The third kappa shape index (κ3) is 6.77. The number of hydrogen-bond acceptors (Lipinski definition) is 5. The summed E-state index contributed by atoms with van der Waals surface area (Å²) in [6.45, 7) is 0.298. The van der Waals surface area contributed by atoms with Crippen molar-refractivity contribution < 1.29 is 18.3 Å². The number of rotatable bonds is 11. The van der Waals surface area contributed by atoms with Crippen molar-refractivity contribution in [3.63, 3.8) is 0 Å². The fraction of sp³-hybridized carbons (Fsp3) is 0.320. The summed E-state index contributed by atoms with van der Waals surface area (Å²) in [6.07, 6.45) is 1.31. The van der Waals surface area contributed by atoms with Crippen molar-refractivity contribution in [1.29, 1.82) is 0 Å². The minimum Gasteiger partial charge on any atom is -0.396 e. The number of nitrogens with zero attached hydrogens (tertiary/aromatic N) is 1. The van der Waals surface area contributed by atoms with E-state index in [9.17, 15) is 13.2 Å². The van der Waals surface area contributed by atoms with E-state index in [4.69, 9.17) is 5.11 Å². The fourth-order valence-corrected chi connectivity index (χ4v) is 4.79. The van der Waals surface area contributed by atoms with Crippen LogP contribution in [0.3, 0.4) is 0 Å². The molecule has 0 aliphatic heterocycles. The van der Waals surface area contributed by atoms with Crippen LogP contribution in [-0.4, -0.2) is 46.2 Å². The van der Waals surface area contributed by atoms with Crippen molar-refractivity contribution >= 4 is 32.4 Å². The maximum Gasteiger partial charge on any atom is 0.241 e. The lowest BCUT2D eigenvalue weighted by molar-refractivity contribution is -0.123. The first-order valence-electron chi connectivity index (χ1n) is 11.0. The third-order valence-electron chi connectivity index (χ3n) is 5.45. The van der Waals surface area contributed by atoms with Crippen LogP contribution in [0.2, 0.25) is 0 Å². The summed E-state index contributed by atoms with van der Waals surface area (Å²) < 4.78 is 28.8.